The van der Waals surface area contributed by atoms with E-state index < -0.39 is 0 Å². The molecular weight excluding hydrogens is 218 g/mol. The summed E-state index contributed by atoms with van der Waals surface area (Å²) in [6, 6.07) is 8.16. The fourth-order valence-electron chi connectivity index (χ4n) is 3.02. The van der Waals surface area contributed by atoms with Gasteiger partial charge in [0, 0.05) is 11.1 Å². The van der Waals surface area contributed by atoms with E-state index in [1.165, 1.54) is 37.7 Å². The molecule has 0 amide bonds. The maximum absolute atomic E-state index is 6.46. The predicted molar refractivity (Wildman–Crippen MR) is 69.6 cm³/mol. The van der Waals surface area contributed by atoms with Crippen LogP contribution in [0.25, 0.3) is 0 Å². The van der Waals surface area contributed by atoms with Crippen LogP contribution < -0.4 is 5.73 Å². The van der Waals surface area contributed by atoms with E-state index in [4.69, 9.17) is 17.3 Å². The van der Waals surface area contributed by atoms with Crippen molar-refractivity contribution in [3.63, 3.8) is 0 Å². The summed E-state index contributed by atoms with van der Waals surface area (Å²) in [5, 5.41) is 0.789. The number of halogens is 1. The van der Waals surface area contributed by atoms with Crippen LogP contribution in [0.5, 0.6) is 0 Å². The van der Waals surface area contributed by atoms with Gasteiger partial charge in [-0.2, -0.15) is 0 Å². The van der Waals surface area contributed by atoms with Crippen molar-refractivity contribution >= 4 is 11.6 Å². The van der Waals surface area contributed by atoms with Crippen LogP contribution in [-0.2, 0) is 0 Å². The minimum atomic E-state index is 0.138. The van der Waals surface area contributed by atoms with Crippen molar-refractivity contribution in [2.24, 2.45) is 11.1 Å². The van der Waals surface area contributed by atoms with Crippen molar-refractivity contribution < 1.29 is 0 Å². The summed E-state index contributed by atoms with van der Waals surface area (Å²) in [5.74, 6) is 0. The van der Waals surface area contributed by atoms with Crippen molar-refractivity contribution in [3.05, 3.63) is 34.9 Å². The molecule has 1 aromatic rings. The molecule has 0 aliphatic heterocycles. The minimum Gasteiger partial charge on any atom is -0.323 e. The average Bonchev–Trinajstić information content (AvgIpc) is 2.78. The maximum atomic E-state index is 6.46. The summed E-state index contributed by atoms with van der Waals surface area (Å²) in [4.78, 5) is 0. The van der Waals surface area contributed by atoms with E-state index in [1.54, 1.807) is 0 Å². The third-order valence-electron chi connectivity index (χ3n) is 4.17. The topological polar surface area (TPSA) is 26.0 Å². The highest BCUT2D eigenvalue weighted by atomic mass is 35.5. The summed E-state index contributed by atoms with van der Waals surface area (Å²) in [7, 11) is 0. The lowest BCUT2D eigenvalue weighted by molar-refractivity contribution is 0.222. The van der Waals surface area contributed by atoms with Gasteiger partial charge in [-0.1, -0.05) is 43.5 Å². The molecule has 0 saturated heterocycles. The highest BCUT2D eigenvalue weighted by Gasteiger charge is 2.38. The molecule has 0 aromatic heterocycles. The molecule has 1 atom stereocenters. The van der Waals surface area contributed by atoms with Crippen LogP contribution in [0.15, 0.2) is 24.3 Å². The summed E-state index contributed by atoms with van der Waals surface area (Å²) in [6.07, 6.45) is 6.33. The first-order valence-corrected chi connectivity index (χ1v) is 6.57. The molecule has 0 heterocycles. The van der Waals surface area contributed by atoms with E-state index in [1.807, 2.05) is 18.2 Å². The Morgan fingerprint density at radius 1 is 1.38 bits per heavy atom. The number of nitrogens with two attached hydrogens (primary N) is 1. The van der Waals surface area contributed by atoms with Crippen molar-refractivity contribution in [1.82, 2.24) is 0 Å². The van der Waals surface area contributed by atoms with Crippen LogP contribution in [0.2, 0.25) is 5.02 Å². The zero-order chi connectivity index (χ0) is 11.6. The summed E-state index contributed by atoms with van der Waals surface area (Å²) < 4.78 is 0. The predicted octanol–water partition coefficient (Wildman–Crippen LogP) is 4.31. The number of hydrogen-bond donors (Lipinski definition) is 1. The van der Waals surface area contributed by atoms with Gasteiger partial charge in [0.2, 0.25) is 0 Å². The highest BCUT2D eigenvalue weighted by Crippen LogP contribution is 2.48. The molecule has 2 rings (SSSR count). The lowest BCUT2D eigenvalue weighted by atomic mass is 9.74. The van der Waals surface area contributed by atoms with E-state index in [0.29, 0.717) is 5.41 Å². The molecule has 1 nitrogen and oxygen atoms in total. The Kier molecular flexibility index (Phi) is 3.56. The average molecular weight is 238 g/mol. The van der Waals surface area contributed by atoms with Gasteiger partial charge in [-0.25, -0.2) is 0 Å². The largest absolute Gasteiger partial charge is 0.323 e. The van der Waals surface area contributed by atoms with Gasteiger partial charge in [0.05, 0.1) is 0 Å². The second kappa shape index (κ2) is 4.77. The van der Waals surface area contributed by atoms with Gasteiger partial charge in [0.25, 0.3) is 0 Å². The van der Waals surface area contributed by atoms with E-state index in [-0.39, 0.29) is 6.04 Å². The van der Waals surface area contributed by atoms with Gasteiger partial charge in [-0.15, -0.1) is 0 Å². The fraction of sp³-hybridized carbons (Fsp3) is 0.571. The minimum absolute atomic E-state index is 0.138. The fourth-order valence-corrected chi connectivity index (χ4v) is 3.22. The first kappa shape index (κ1) is 11.9. The van der Waals surface area contributed by atoms with Crippen molar-refractivity contribution in [2.45, 2.75) is 45.1 Å². The van der Waals surface area contributed by atoms with Crippen LogP contribution in [0.3, 0.4) is 0 Å². The highest BCUT2D eigenvalue weighted by molar-refractivity contribution is 6.30. The van der Waals surface area contributed by atoms with Gasteiger partial charge >= 0.3 is 0 Å². The van der Waals surface area contributed by atoms with Gasteiger partial charge in [-0.3, -0.25) is 0 Å². The molecule has 1 saturated carbocycles. The van der Waals surface area contributed by atoms with Gasteiger partial charge < -0.3 is 5.73 Å². The first-order valence-electron chi connectivity index (χ1n) is 6.19. The molecule has 1 aliphatic rings. The molecule has 1 unspecified atom stereocenters. The van der Waals surface area contributed by atoms with Crippen LogP contribution in [0.4, 0.5) is 0 Å². The number of rotatable bonds is 3. The van der Waals surface area contributed by atoms with Gasteiger partial charge in [0.15, 0.2) is 0 Å². The number of benzene rings is 1. The lowest BCUT2D eigenvalue weighted by Gasteiger charge is -2.34. The second-order valence-electron chi connectivity index (χ2n) is 4.96. The lowest BCUT2D eigenvalue weighted by Crippen LogP contribution is -2.31. The number of hydrogen-bond acceptors (Lipinski definition) is 1. The molecule has 0 radical (unpaired) electrons. The Labute approximate surface area is 103 Å². The van der Waals surface area contributed by atoms with Crippen molar-refractivity contribution in [1.29, 1.82) is 0 Å². The van der Waals surface area contributed by atoms with Gasteiger partial charge in [-0.05, 0) is 42.4 Å². The molecule has 1 aromatic carbocycles. The van der Waals surface area contributed by atoms with E-state index in [9.17, 15) is 0 Å². The maximum Gasteiger partial charge on any atom is 0.0409 e. The molecule has 2 N–H and O–H groups in total. The Balaban J connectivity index is 2.26. The van der Waals surface area contributed by atoms with Crippen LogP contribution >= 0.6 is 11.6 Å². The SMILES string of the molecule is CCC1(C(N)c2cccc(Cl)c2)CCCC1. The summed E-state index contributed by atoms with van der Waals surface area (Å²) in [6.45, 7) is 2.26. The van der Waals surface area contributed by atoms with Gasteiger partial charge in [0.1, 0.15) is 0 Å². The monoisotopic (exact) mass is 237 g/mol. The third-order valence-corrected chi connectivity index (χ3v) is 4.41. The van der Waals surface area contributed by atoms with Crippen LogP contribution in [-0.4, -0.2) is 0 Å². The zero-order valence-electron chi connectivity index (χ0n) is 9.88. The summed E-state index contributed by atoms with van der Waals surface area (Å²) in [5.41, 5.74) is 7.96. The molecule has 1 fully saturated rings. The molecule has 2 heteroatoms. The second-order valence-corrected chi connectivity index (χ2v) is 5.39. The molecule has 0 bridgehead atoms. The Morgan fingerprint density at radius 3 is 2.62 bits per heavy atom. The third kappa shape index (κ3) is 2.11. The van der Waals surface area contributed by atoms with E-state index in [2.05, 4.69) is 13.0 Å². The molecule has 1 aliphatic carbocycles. The Hall–Kier alpha value is -0.530. The first-order chi connectivity index (χ1) is 7.68. The molecule has 0 spiro atoms. The van der Waals surface area contributed by atoms with Crippen molar-refractivity contribution in [2.75, 3.05) is 0 Å². The van der Waals surface area contributed by atoms with Crippen molar-refractivity contribution in [3.8, 4) is 0 Å². The normalized spacial score (nSPS) is 20.9. The van der Waals surface area contributed by atoms with Crippen LogP contribution in [0.1, 0.15) is 50.6 Å². The Morgan fingerprint density at radius 2 is 2.06 bits per heavy atom. The molecule has 88 valence electrons. The quantitative estimate of drug-likeness (QED) is 0.833. The molecule has 16 heavy (non-hydrogen) atoms. The van der Waals surface area contributed by atoms with Crippen LogP contribution in [0, 0.1) is 5.41 Å². The van der Waals surface area contributed by atoms with E-state index >= 15 is 0 Å². The standard InChI is InChI=1S/C14H20ClN/c1-2-14(8-3-4-9-14)13(16)11-6-5-7-12(15)10-11/h5-7,10,13H,2-4,8-9,16H2,1H3. The summed E-state index contributed by atoms with van der Waals surface area (Å²) >= 11 is 6.03. The molecular formula is C14H20ClN. The Bertz CT molecular complexity index is 356. The van der Waals surface area contributed by atoms with E-state index in [0.717, 1.165) is 5.02 Å². The smallest absolute Gasteiger partial charge is 0.0409 e. The zero-order valence-corrected chi connectivity index (χ0v) is 10.6.